The van der Waals surface area contributed by atoms with Crippen LogP contribution in [0, 0.1) is 5.92 Å². The molecule has 0 N–H and O–H groups in total. The van der Waals surface area contributed by atoms with E-state index < -0.39 is 10.0 Å². The Hall–Kier alpha value is -1.11. The lowest BCUT2D eigenvalue weighted by Crippen LogP contribution is -2.49. The van der Waals surface area contributed by atoms with Gasteiger partial charge >= 0.3 is 0 Å². The summed E-state index contributed by atoms with van der Waals surface area (Å²) in [5.74, 6) is 1.56. The average Bonchev–Trinajstić information content (AvgIpc) is 3.33. The van der Waals surface area contributed by atoms with E-state index in [0.717, 1.165) is 25.6 Å². The van der Waals surface area contributed by atoms with Crippen LogP contribution < -0.4 is 4.74 Å². The molecule has 22 heavy (non-hydrogen) atoms. The molecule has 1 aliphatic heterocycles. The van der Waals surface area contributed by atoms with Crippen LogP contribution in [0.5, 0.6) is 5.75 Å². The third-order valence-corrected chi connectivity index (χ3v) is 6.23. The van der Waals surface area contributed by atoms with Gasteiger partial charge in [0.1, 0.15) is 5.75 Å². The highest BCUT2D eigenvalue weighted by Gasteiger charge is 2.31. The Balaban J connectivity index is 1.62. The molecule has 0 atom stereocenters. The van der Waals surface area contributed by atoms with E-state index in [0.29, 0.717) is 30.3 Å². The SMILES string of the molecule is CCOc1ccc(S(=O)(=O)N2CCN(CC3CC3)CC2)cc1. The van der Waals surface area contributed by atoms with Gasteiger partial charge in [0.2, 0.25) is 10.0 Å². The monoisotopic (exact) mass is 324 g/mol. The Morgan fingerprint density at radius 3 is 2.27 bits per heavy atom. The summed E-state index contributed by atoms with van der Waals surface area (Å²) in [4.78, 5) is 2.74. The molecule has 1 saturated heterocycles. The Kier molecular flexibility index (Phi) is 4.70. The van der Waals surface area contributed by atoms with Crippen molar-refractivity contribution < 1.29 is 13.2 Å². The van der Waals surface area contributed by atoms with Crippen molar-refractivity contribution in [3.05, 3.63) is 24.3 Å². The van der Waals surface area contributed by atoms with Crippen LogP contribution in [0.2, 0.25) is 0 Å². The summed E-state index contributed by atoms with van der Waals surface area (Å²) in [6.45, 7) is 6.47. The summed E-state index contributed by atoms with van der Waals surface area (Å²) in [6.07, 6.45) is 2.68. The number of nitrogens with zero attached hydrogens (tertiary/aromatic N) is 2. The van der Waals surface area contributed by atoms with Gasteiger partial charge in [0.05, 0.1) is 11.5 Å². The van der Waals surface area contributed by atoms with Crippen molar-refractivity contribution in [3.63, 3.8) is 0 Å². The smallest absolute Gasteiger partial charge is 0.243 e. The van der Waals surface area contributed by atoms with E-state index in [-0.39, 0.29) is 0 Å². The first kappa shape index (κ1) is 15.8. The Bertz CT molecular complexity index is 588. The number of hydrogen-bond donors (Lipinski definition) is 0. The quantitative estimate of drug-likeness (QED) is 0.801. The van der Waals surface area contributed by atoms with E-state index in [2.05, 4.69) is 4.90 Å². The molecule has 1 saturated carbocycles. The molecule has 1 heterocycles. The van der Waals surface area contributed by atoms with Crippen LogP contribution in [-0.2, 0) is 10.0 Å². The Labute approximate surface area is 132 Å². The number of piperazine rings is 1. The van der Waals surface area contributed by atoms with Crippen molar-refractivity contribution in [1.82, 2.24) is 9.21 Å². The molecule has 2 aliphatic rings. The van der Waals surface area contributed by atoms with Crippen LogP contribution in [0.1, 0.15) is 19.8 Å². The van der Waals surface area contributed by atoms with Gasteiger partial charge in [-0.25, -0.2) is 8.42 Å². The van der Waals surface area contributed by atoms with Gasteiger partial charge in [0.15, 0.2) is 0 Å². The zero-order chi connectivity index (χ0) is 15.6. The van der Waals surface area contributed by atoms with Crippen LogP contribution in [0.15, 0.2) is 29.2 Å². The van der Waals surface area contributed by atoms with Gasteiger partial charge in [-0.3, -0.25) is 0 Å². The summed E-state index contributed by atoms with van der Waals surface area (Å²) in [7, 11) is -3.38. The first-order valence-corrected chi connectivity index (χ1v) is 9.49. The first-order valence-electron chi connectivity index (χ1n) is 8.05. The molecule has 1 aromatic rings. The molecule has 2 fully saturated rings. The second kappa shape index (κ2) is 6.56. The standard InChI is InChI=1S/C16H24N2O3S/c1-2-21-15-5-7-16(8-6-15)22(19,20)18-11-9-17(10-12-18)13-14-3-4-14/h5-8,14H,2-4,9-13H2,1H3. The molecular formula is C16H24N2O3S. The lowest BCUT2D eigenvalue weighted by atomic mass is 10.3. The molecule has 0 radical (unpaired) electrons. The van der Waals surface area contributed by atoms with Gasteiger partial charge in [0.25, 0.3) is 0 Å². The Morgan fingerprint density at radius 2 is 1.73 bits per heavy atom. The van der Waals surface area contributed by atoms with Crippen LogP contribution in [0.4, 0.5) is 0 Å². The Morgan fingerprint density at radius 1 is 1.09 bits per heavy atom. The van der Waals surface area contributed by atoms with E-state index in [1.165, 1.54) is 12.8 Å². The van der Waals surface area contributed by atoms with Gasteiger partial charge in [-0.2, -0.15) is 4.31 Å². The van der Waals surface area contributed by atoms with Crippen molar-refractivity contribution in [2.24, 2.45) is 5.92 Å². The molecule has 0 bridgehead atoms. The third kappa shape index (κ3) is 3.62. The van der Waals surface area contributed by atoms with Crippen molar-refractivity contribution in [2.75, 3.05) is 39.3 Å². The molecule has 0 spiro atoms. The minimum Gasteiger partial charge on any atom is -0.494 e. The average molecular weight is 324 g/mol. The van der Waals surface area contributed by atoms with Gasteiger partial charge in [-0.05, 0) is 49.9 Å². The van der Waals surface area contributed by atoms with Crippen molar-refractivity contribution in [1.29, 1.82) is 0 Å². The highest BCUT2D eigenvalue weighted by molar-refractivity contribution is 7.89. The predicted molar refractivity (Wildman–Crippen MR) is 85.5 cm³/mol. The molecule has 0 unspecified atom stereocenters. The van der Waals surface area contributed by atoms with Gasteiger partial charge in [-0.15, -0.1) is 0 Å². The molecule has 1 aromatic carbocycles. The number of rotatable bonds is 6. The van der Waals surface area contributed by atoms with E-state index in [4.69, 9.17) is 4.74 Å². The molecule has 0 amide bonds. The van der Waals surface area contributed by atoms with Gasteiger partial charge in [-0.1, -0.05) is 0 Å². The predicted octanol–water partition coefficient (Wildman–Crippen LogP) is 1.80. The van der Waals surface area contributed by atoms with E-state index in [1.807, 2.05) is 6.92 Å². The van der Waals surface area contributed by atoms with Gasteiger partial charge in [0, 0.05) is 32.7 Å². The van der Waals surface area contributed by atoms with E-state index >= 15 is 0 Å². The second-order valence-electron chi connectivity index (χ2n) is 6.05. The molecule has 0 aromatic heterocycles. The van der Waals surface area contributed by atoms with Crippen LogP contribution >= 0.6 is 0 Å². The summed E-state index contributed by atoms with van der Waals surface area (Å²) in [6, 6.07) is 6.72. The highest BCUT2D eigenvalue weighted by atomic mass is 32.2. The number of sulfonamides is 1. The van der Waals surface area contributed by atoms with E-state index in [1.54, 1.807) is 28.6 Å². The fraction of sp³-hybridized carbons (Fsp3) is 0.625. The summed E-state index contributed by atoms with van der Waals surface area (Å²) >= 11 is 0. The maximum atomic E-state index is 12.7. The zero-order valence-electron chi connectivity index (χ0n) is 13.1. The first-order chi connectivity index (χ1) is 10.6. The molecule has 5 nitrogen and oxygen atoms in total. The van der Waals surface area contributed by atoms with Gasteiger partial charge < -0.3 is 9.64 Å². The molecule has 1 aliphatic carbocycles. The molecule has 122 valence electrons. The largest absolute Gasteiger partial charge is 0.494 e. The molecule has 6 heteroatoms. The minimum absolute atomic E-state index is 0.353. The fourth-order valence-corrected chi connectivity index (χ4v) is 4.26. The number of benzene rings is 1. The fourth-order valence-electron chi connectivity index (χ4n) is 2.84. The van der Waals surface area contributed by atoms with Crippen molar-refractivity contribution >= 4 is 10.0 Å². The highest BCUT2D eigenvalue weighted by Crippen LogP contribution is 2.30. The van der Waals surface area contributed by atoms with Crippen molar-refractivity contribution in [3.8, 4) is 5.75 Å². The van der Waals surface area contributed by atoms with Crippen LogP contribution in [0.25, 0.3) is 0 Å². The molecule has 3 rings (SSSR count). The van der Waals surface area contributed by atoms with Crippen LogP contribution in [-0.4, -0.2) is 57.0 Å². The maximum absolute atomic E-state index is 12.7. The third-order valence-electron chi connectivity index (χ3n) is 4.32. The lowest BCUT2D eigenvalue weighted by Gasteiger charge is -2.34. The zero-order valence-corrected chi connectivity index (χ0v) is 13.9. The summed E-state index contributed by atoms with van der Waals surface area (Å²) < 4.78 is 32.3. The lowest BCUT2D eigenvalue weighted by molar-refractivity contribution is 0.182. The maximum Gasteiger partial charge on any atom is 0.243 e. The topological polar surface area (TPSA) is 49.9 Å². The number of ether oxygens (including phenoxy) is 1. The number of hydrogen-bond acceptors (Lipinski definition) is 4. The summed E-state index contributed by atoms with van der Waals surface area (Å²) in [5.41, 5.74) is 0. The minimum atomic E-state index is -3.38. The normalized spacial score (nSPS) is 21.0. The van der Waals surface area contributed by atoms with Crippen molar-refractivity contribution in [2.45, 2.75) is 24.7 Å². The van der Waals surface area contributed by atoms with Crippen LogP contribution in [0.3, 0.4) is 0 Å². The second-order valence-corrected chi connectivity index (χ2v) is 7.99. The molecular weight excluding hydrogens is 300 g/mol. The summed E-state index contributed by atoms with van der Waals surface area (Å²) in [5, 5.41) is 0. The van der Waals surface area contributed by atoms with E-state index in [9.17, 15) is 8.42 Å².